The highest BCUT2D eigenvalue weighted by atomic mass is 32.2. The van der Waals surface area contributed by atoms with Crippen LogP contribution in [0, 0.1) is 13.8 Å². The van der Waals surface area contributed by atoms with E-state index in [0.717, 1.165) is 10.6 Å². The zero-order valence-electron chi connectivity index (χ0n) is 14.5. The molecule has 1 heterocycles. The van der Waals surface area contributed by atoms with Crippen LogP contribution in [0.4, 0.5) is 0 Å². The number of sulfonamides is 1. The quantitative estimate of drug-likeness (QED) is 0.793. The Balaban J connectivity index is 2.10. The third kappa shape index (κ3) is 4.63. The number of methoxy groups -OCH3 is 1. The number of amides is 1. The van der Waals surface area contributed by atoms with Gasteiger partial charge in [-0.2, -0.15) is 0 Å². The molecule has 0 spiro atoms. The lowest BCUT2D eigenvalue weighted by Gasteiger charge is -2.08. The van der Waals surface area contributed by atoms with E-state index in [1.54, 1.807) is 33.1 Å². The number of hydrogen-bond donors (Lipinski definition) is 2. The summed E-state index contributed by atoms with van der Waals surface area (Å²) in [6.07, 6.45) is -0.168. The average molecular weight is 383 g/mol. The first kappa shape index (κ1) is 19.5. The lowest BCUT2D eigenvalue weighted by atomic mass is 10.1. The van der Waals surface area contributed by atoms with Crippen molar-refractivity contribution in [3.63, 3.8) is 0 Å². The van der Waals surface area contributed by atoms with Crippen molar-refractivity contribution in [3.05, 3.63) is 44.9 Å². The molecular formula is C16H21N3O4S2. The number of benzene rings is 1. The van der Waals surface area contributed by atoms with Crippen molar-refractivity contribution >= 4 is 27.3 Å². The van der Waals surface area contributed by atoms with Gasteiger partial charge in [0.15, 0.2) is 0 Å². The molecule has 0 saturated carbocycles. The summed E-state index contributed by atoms with van der Waals surface area (Å²) in [5.74, 6) is -0.224. The molecule has 0 fully saturated rings. The van der Waals surface area contributed by atoms with Gasteiger partial charge in [0, 0.05) is 13.7 Å². The Labute approximate surface area is 151 Å². The van der Waals surface area contributed by atoms with Crippen LogP contribution in [0.15, 0.2) is 23.1 Å². The van der Waals surface area contributed by atoms with E-state index in [0.29, 0.717) is 16.1 Å². The molecule has 1 atom stereocenters. The molecule has 136 valence electrons. The number of thiazole rings is 1. The number of nitrogens with two attached hydrogens (primary N) is 1. The summed E-state index contributed by atoms with van der Waals surface area (Å²) >= 11 is 1.30. The predicted octanol–water partition coefficient (Wildman–Crippen LogP) is 2.04. The molecule has 2 aromatic rings. The van der Waals surface area contributed by atoms with Crippen molar-refractivity contribution in [2.24, 2.45) is 5.14 Å². The number of carbonyl (C=O) groups excluding carboxylic acids is 1. The zero-order valence-corrected chi connectivity index (χ0v) is 16.1. The second-order valence-electron chi connectivity index (χ2n) is 5.67. The molecule has 0 radical (unpaired) electrons. The lowest BCUT2D eigenvalue weighted by Crippen LogP contribution is -2.23. The largest absolute Gasteiger partial charge is 0.375 e. The summed E-state index contributed by atoms with van der Waals surface area (Å²) in [5, 5.41) is 8.72. The van der Waals surface area contributed by atoms with Crippen LogP contribution in [0.3, 0.4) is 0 Å². The van der Waals surface area contributed by atoms with Crippen LogP contribution in [0.1, 0.15) is 44.5 Å². The van der Waals surface area contributed by atoms with Gasteiger partial charge in [-0.05, 0) is 38.0 Å². The molecule has 0 saturated heterocycles. The second-order valence-corrected chi connectivity index (χ2v) is 8.23. The van der Waals surface area contributed by atoms with Crippen LogP contribution in [0.25, 0.3) is 0 Å². The van der Waals surface area contributed by atoms with Gasteiger partial charge >= 0.3 is 0 Å². The highest BCUT2D eigenvalue weighted by molar-refractivity contribution is 7.89. The predicted molar refractivity (Wildman–Crippen MR) is 96.0 cm³/mol. The van der Waals surface area contributed by atoms with Crippen molar-refractivity contribution in [2.75, 3.05) is 7.11 Å². The Morgan fingerprint density at radius 2 is 2.08 bits per heavy atom. The maximum Gasteiger partial charge on any atom is 0.263 e. The lowest BCUT2D eigenvalue weighted by molar-refractivity contribution is 0.0954. The number of hydrogen-bond acceptors (Lipinski definition) is 6. The van der Waals surface area contributed by atoms with Crippen LogP contribution in [0.2, 0.25) is 0 Å². The zero-order chi connectivity index (χ0) is 18.8. The first-order chi connectivity index (χ1) is 11.6. The average Bonchev–Trinajstić information content (AvgIpc) is 2.92. The standard InChI is InChI=1S/C16H21N3O4S2/c1-9-7-12(5-6-13(9)25(17,21)22)8-18-15(20)14-10(2)19-16(24-14)11(3)23-4/h5-7,11H,8H2,1-4H3,(H,18,20)(H2,17,21,22)/t11-/m0/s1. The van der Waals surface area contributed by atoms with E-state index in [2.05, 4.69) is 10.3 Å². The van der Waals surface area contributed by atoms with Crippen molar-refractivity contribution in [1.82, 2.24) is 10.3 Å². The number of nitrogens with one attached hydrogen (secondary N) is 1. The normalized spacial score (nSPS) is 12.8. The van der Waals surface area contributed by atoms with Gasteiger partial charge in [-0.15, -0.1) is 11.3 Å². The molecule has 25 heavy (non-hydrogen) atoms. The molecule has 0 aliphatic rings. The minimum absolute atomic E-state index is 0.0825. The minimum Gasteiger partial charge on any atom is -0.375 e. The molecule has 0 aliphatic carbocycles. The molecule has 0 aliphatic heterocycles. The van der Waals surface area contributed by atoms with E-state index in [4.69, 9.17) is 9.88 Å². The molecule has 2 rings (SSSR count). The van der Waals surface area contributed by atoms with Gasteiger partial charge in [0.25, 0.3) is 5.91 Å². The molecular weight excluding hydrogens is 362 g/mol. The van der Waals surface area contributed by atoms with Gasteiger partial charge in [0.05, 0.1) is 10.6 Å². The fourth-order valence-corrected chi connectivity index (χ4v) is 4.08. The Bertz CT molecular complexity index is 891. The maximum absolute atomic E-state index is 12.4. The molecule has 7 nitrogen and oxygen atoms in total. The monoisotopic (exact) mass is 383 g/mol. The number of nitrogens with zero attached hydrogens (tertiary/aromatic N) is 1. The van der Waals surface area contributed by atoms with E-state index in [1.165, 1.54) is 17.4 Å². The fourth-order valence-electron chi connectivity index (χ4n) is 2.31. The summed E-state index contributed by atoms with van der Waals surface area (Å²) in [6.45, 7) is 5.59. The van der Waals surface area contributed by atoms with Gasteiger partial charge in [0.2, 0.25) is 10.0 Å². The molecule has 1 aromatic carbocycles. The highest BCUT2D eigenvalue weighted by Crippen LogP contribution is 2.25. The number of carbonyl (C=O) groups is 1. The topological polar surface area (TPSA) is 111 Å². The molecule has 0 unspecified atom stereocenters. The van der Waals surface area contributed by atoms with Gasteiger partial charge in [-0.1, -0.05) is 12.1 Å². The number of aryl methyl sites for hydroxylation is 2. The number of rotatable bonds is 6. The highest BCUT2D eigenvalue weighted by Gasteiger charge is 2.18. The Kier molecular flexibility index (Phi) is 5.94. The summed E-state index contributed by atoms with van der Waals surface area (Å²) in [4.78, 5) is 17.4. The van der Waals surface area contributed by atoms with Crippen LogP contribution in [-0.2, 0) is 21.3 Å². The third-order valence-corrected chi connectivity index (χ3v) is 6.11. The van der Waals surface area contributed by atoms with Gasteiger partial charge in [0.1, 0.15) is 16.0 Å². The minimum atomic E-state index is -3.74. The number of primary sulfonamides is 1. The van der Waals surface area contributed by atoms with E-state index in [-0.39, 0.29) is 23.5 Å². The smallest absolute Gasteiger partial charge is 0.263 e. The Hall–Kier alpha value is -1.81. The summed E-state index contributed by atoms with van der Waals surface area (Å²) < 4.78 is 28.1. The molecule has 0 bridgehead atoms. The second kappa shape index (κ2) is 7.61. The van der Waals surface area contributed by atoms with Crippen LogP contribution in [-0.4, -0.2) is 26.4 Å². The number of ether oxygens (including phenoxy) is 1. The van der Waals surface area contributed by atoms with Crippen molar-refractivity contribution in [1.29, 1.82) is 0 Å². The van der Waals surface area contributed by atoms with Crippen molar-refractivity contribution < 1.29 is 17.9 Å². The van der Waals surface area contributed by atoms with Gasteiger partial charge in [-0.25, -0.2) is 18.5 Å². The first-order valence-electron chi connectivity index (χ1n) is 7.54. The molecule has 3 N–H and O–H groups in total. The number of aromatic nitrogens is 1. The van der Waals surface area contributed by atoms with E-state index >= 15 is 0 Å². The van der Waals surface area contributed by atoms with E-state index in [1.807, 2.05) is 6.92 Å². The van der Waals surface area contributed by atoms with Gasteiger partial charge in [-0.3, -0.25) is 4.79 Å². The fraction of sp³-hybridized carbons (Fsp3) is 0.375. The third-order valence-electron chi connectivity index (χ3n) is 3.72. The maximum atomic E-state index is 12.4. The van der Waals surface area contributed by atoms with Crippen LogP contribution < -0.4 is 10.5 Å². The first-order valence-corrected chi connectivity index (χ1v) is 9.90. The SMILES string of the molecule is CO[C@@H](C)c1nc(C)c(C(=O)NCc2ccc(S(N)(=O)=O)c(C)c2)s1. The summed E-state index contributed by atoms with van der Waals surface area (Å²) in [7, 11) is -2.15. The summed E-state index contributed by atoms with van der Waals surface area (Å²) in [6, 6.07) is 4.77. The van der Waals surface area contributed by atoms with Gasteiger partial charge < -0.3 is 10.1 Å². The molecule has 1 amide bonds. The van der Waals surface area contributed by atoms with E-state index in [9.17, 15) is 13.2 Å². The van der Waals surface area contributed by atoms with Crippen molar-refractivity contribution in [2.45, 2.75) is 38.3 Å². The van der Waals surface area contributed by atoms with Crippen LogP contribution in [0.5, 0.6) is 0 Å². The Morgan fingerprint density at radius 1 is 1.40 bits per heavy atom. The van der Waals surface area contributed by atoms with Crippen molar-refractivity contribution in [3.8, 4) is 0 Å². The molecule has 1 aromatic heterocycles. The van der Waals surface area contributed by atoms with Crippen LogP contribution >= 0.6 is 11.3 Å². The Morgan fingerprint density at radius 3 is 2.64 bits per heavy atom. The molecule has 9 heteroatoms. The van der Waals surface area contributed by atoms with E-state index < -0.39 is 10.0 Å². The summed E-state index contributed by atoms with van der Waals surface area (Å²) in [5.41, 5.74) is 1.98.